The molecule has 0 atom stereocenters. The first-order valence-corrected chi connectivity index (χ1v) is 15.9. The molecule has 6 aromatic rings. The Morgan fingerprint density at radius 1 is 0.386 bits per heavy atom. The molecule has 0 radical (unpaired) electrons. The van der Waals surface area contributed by atoms with Crippen LogP contribution in [-0.2, 0) is 16.2 Å². The molecule has 214 valence electrons. The topological polar surface area (TPSA) is 12.0 Å². The summed E-state index contributed by atoms with van der Waals surface area (Å²) in [6.07, 6.45) is 0. The summed E-state index contributed by atoms with van der Waals surface area (Å²) in [6.45, 7) is 14.4. The highest BCUT2D eigenvalue weighted by atomic mass is 14.9. The minimum absolute atomic E-state index is 0.00638. The molecular weight excluding hydrogens is 530 g/mol. The van der Waals surface area contributed by atoms with Gasteiger partial charge in [0.05, 0.1) is 0 Å². The van der Waals surface area contributed by atoms with E-state index in [0.29, 0.717) is 0 Å². The number of fused-ring (bicyclic) bond motifs is 10. The molecule has 44 heavy (non-hydrogen) atoms. The summed E-state index contributed by atoms with van der Waals surface area (Å²) in [5.74, 6) is 0. The third kappa shape index (κ3) is 3.20. The largest absolute Gasteiger partial charge is 0.355 e. The summed E-state index contributed by atoms with van der Waals surface area (Å²) < 4.78 is 0. The molecule has 1 nitrogen and oxygen atoms in total. The maximum Gasteiger partial charge on any atom is 0.0463 e. The van der Waals surface area contributed by atoms with Gasteiger partial charge in [-0.1, -0.05) is 108 Å². The molecule has 3 aliphatic rings. The average molecular weight is 568 g/mol. The Labute approximate surface area is 260 Å². The first-order chi connectivity index (χ1) is 21.1. The van der Waals surface area contributed by atoms with Crippen LogP contribution in [0.3, 0.4) is 0 Å². The van der Waals surface area contributed by atoms with Gasteiger partial charge in [-0.3, -0.25) is 0 Å². The molecule has 0 fully saturated rings. The van der Waals surface area contributed by atoms with Gasteiger partial charge in [-0.05, 0) is 115 Å². The van der Waals surface area contributed by atoms with Gasteiger partial charge >= 0.3 is 0 Å². The first-order valence-electron chi connectivity index (χ1n) is 15.9. The molecule has 1 N–H and O–H groups in total. The number of hydrogen-bond donors (Lipinski definition) is 1. The predicted molar refractivity (Wildman–Crippen MR) is 186 cm³/mol. The Balaban J connectivity index is 1.17. The van der Waals surface area contributed by atoms with Gasteiger partial charge in [0, 0.05) is 33.0 Å². The zero-order chi connectivity index (χ0) is 30.2. The number of anilines is 2. The Kier molecular flexibility index (Phi) is 4.87. The quantitative estimate of drug-likeness (QED) is 0.219. The molecule has 1 heteroatoms. The van der Waals surface area contributed by atoms with Crippen molar-refractivity contribution in [1.82, 2.24) is 0 Å². The van der Waals surface area contributed by atoms with Crippen LogP contribution in [0.5, 0.6) is 0 Å². The second kappa shape index (κ2) is 8.30. The molecule has 3 aliphatic carbocycles. The molecule has 0 amide bonds. The van der Waals surface area contributed by atoms with Crippen LogP contribution in [0.2, 0.25) is 0 Å². The minimum Gasteiger partial charge on any atom is -0.355 e. The number of nitrogens with one attached hydrogen (secondary N) is 1. The highest BCUT2D eigenvalue weighted by Crippen LogP contribution is 2.59. The lowest BCUT2D eigenvalue weighted by atomic mass is 9.78. The third-order valence-corrected chi connectivity index (χ3v) is 11.2. The van der Waals surface area contributed by atoms with Crippen molar-refractivity contribution in [2.45, 2.75) is 57.8 Å². The lowest BCUT2D eigenvalue weighted by Crippen LogP contribution is -2.17. The van der Waals surface area contributed by atoms with Crippen molar-refractivity contribution in [2.75, 3.05) is 5.32 Å². The molecule has 0 unspecified atom stereocenters. The summed E-state index contributed by atoms with van der Waals surface area (Å²) in [7, 11) is 0. The van der Waals surface area contributed by atoms with Crippen molar-refractivity contribution in [3.63, 3.8) is 0 Å². The SMILES string of the molecule is CC1(C)c2ccccc2-c2cc3c(cc21)-c1cc2c(cc1C3(C)C)-c1ccc(Nc3cccc4ccccc34)cc1C2(C)C. The molecule has 0 aromatic heterocycles. The predicted octanol–water partition coefficient (Wildman–Crippen LogP) is 11.5. The Bertz CT molecular complexity index is 2220. The Hall–Kier alpha value is -4.62. The van der Waals surface area contributed by atoms with E-state index in [9.17, 15) is 0 Å². The minimum atomic E-state index is -0.102. The summed E-state index contributed by atoms with van der Waals surface area (Å²) in [6, 6.07) is 41.2. The van der Waals surface area contributed by atoms with Crippen LogP contribution in [0.15, 0.2) is 109 Å². The standard InChI is InChI=1S/C43H37N/c1-41(2)34-16-10-9-15-28(34)30-21-38-32(23-36(30)41)33-24-37-31(22-39(33)43(38,5)6)29-19-18-26(20-35(29)42(37,3)4)44-40-17-11-13-25-12-7-8-14-27(25)40/h7-24,44H,1-6H3. The molecule has 0 saturated heterocycles. The van der Waals surface area contributed by atoms with E-state index < -0.39 is 0 Å². The van der Waals surface area contributed by atoms with E-state index in [1.54, 1.807) is 0 Å². The molecule has 6 aromatic carbocycles. The van der Waals surface area contributed by atoms with Crippen LogP contribution < -0.4 is 5.32 Å². The molecule has 0 heterocycles. The maximum atomic E-state index is 3.75. The monoisotopic (exact) mass is 567 g/mol. The molecular formula is C43H37N. The van der Waals surface area contributed by atoms with Gasteiger partial charge in [-0.25, -0.2) is 0 Å². The second-order valence-electron chi connectivity index (χ2n) is 14.7. The van der Waals surface area contributed by atoms with Crippen LogP contribution >= 0.6 is 0 Å². The molecule has 0 bridgehead atoms. The third-order valence-electron chi connectivity index (χ3n) is 11.2. The van der Waals surface area contributed by atoms with E-state index in [4.69, 9.17) is 0 Å². The second-order valence-corrected chi connectivity index (χ2v) is 14.7. The van der Waals surface area contributed by atoms with Gasteiger partial charge in [0.25, 0.3) is 0 Å². The van der Waals surface area contributed by atoms with E-state index in [2.05, 4.69) is 156 Å². The van der Waals surface area contributed by atoms with Crippen LogP contribution in [-0.4, -0.2) is 0 Å². The summed E-state index contributed by atoms with van der Waals surface area (Å²) in [5.41, 5.74) is 19.1. The van der Waals surface area contributed by atoms with Crippen molar-refractivity contribution in [2.24, 2.45) is 0 Å². The number of rotatable bonds is 2. The first kappa shape index (κ1) is 25.8. The summed E-state index contributed by atoms with van der Waals surface area (Å²) >= 11 is 0. The van der Waals surface area contributed by atoms with Gasteiger partial charge in [0.2, 0.25) is 0 Å². The van der Waals surface area contributed by atoms with E-state index in [1.807, 2.05) is 0 Å². The lowest BCUT2D eigenvalue weighted by molar-refractivity contribution is 0.649. The van der Waals surface area contributed by atoms with E-state index >= 15 is 0 Å². The van der Waals surface area contributed by atoms with E-state index in [-0.39, 0.29) is 16.2 Å². The summed E-state index contributed by atoms with van der Waals surface area (Å²) in [4.78, 5) is 0. The zero-order valence-electron chi connectivity index (χ0n) is 26.4. The molecule has 0 spiro atoms. The number of benzene rings is 6. The zero-order valence-corrected chi connectivity index (χ0v) is 26.4. The van der Waals surface area contributed by atoms with Gasteiger partial charge in [-0.2, -0.15) is 0 Å². The van der Waals surface area contributed by atoms with Crippen molar-refractivity contribution >= 4 is 22.1 Å². The summed E-state index contributed by atoms with van der Waals surface area (Å²) in [5, 5.41) is 6.25. The number of hydrogen-bond acceptors (Lipinski definition) is 1. The molecule has 0 saturated carbocycles. The van der Waals surface area contributed by atoms with Crippen LogP contribution in [0, 0.1) is 0 Å². The van der Waals surface area contributed by atoms with Gasteiger partial charge in [0.15, 0.2) is 0 Å². The smallest absolute Gasteiger partial charge is 0.0463 e. The van der Waals surface area contributed by atoms with Gasteiger partial charge < -0.3 is 5.32 Å². The fourth-order valence-corrected chi connectivity index (χ4v) is 8.72. The van der Waals surface area contributed by atoms with E-state index in [1.165, 1.54) is 77.5 Å². The lowest BCUT2D eigenvalue weighted by Gasteiger charge is -2.25. The van der Waals surface area contributed by atoms with Gasteiger partial charge in [0.1, 0.15) is 0 Å². The fourth-order valence-electron chi connectivity index (χ4n) is 8.72. The Morgan fingerprint density at radius 2 is 0.864 bits per heavy atom. The van der Waals surface area contributed by atoms with Crippen molar-refractivity contribution in [1.29, 1.82) is 0 Å². The van der Waals surface area contributed by atoms with Crippen molar-refractivity contribution < 1.29 is 0 Å². The van der Waals surface area contributed by atoms with E-state index in [0.717, 1.165) is 11.4 Å². The average Bonchev–Trinajstić information content (AvgIpc) is 3.48. The normalized spacial score (nSPS) is 17.0. The molecule has 9 rings (SSSR count). The van der Waals surface area contributed by atoms with Crippen molar-refractivity contribution in [3.05, 3.63) is 143 Å². The maximum absolute atomic E-state index is 3.75. The van der Waals surface area contributed by atoms with Gasteiger partial charge in [-0.15, -0.1) is 0 Å². The fraction of sp³-hybridized carbons (Fsp3) is 0.209. The van der Waals surface area contributed by atoms with Crippen LogP contribution in [0.1, 0.15) is 74.9 Å². The highest BCUT2D eigenvalue weighted by Gasteiger charge is 2.44. The van der Waals surface area contributed by atoms with Crippen molar-refractivity contribution in [3.8, 4) is 33.4 Å². The highest BCUT2D eigenvalue weighted by molar-refractivity contribution is 5.97. The molecule has 0 aliphatic heterocycles. The Morgan fingerprint density at radius 3 is 1.52 bits per heavy atom. The van der Waals surface area contributed by atoms with Crippen LogP contribution in [0.25, 0.3) is 44.2 Å². The van der Waals surface area contributed by atoms with Crippen LogP contribution in [0.4, 0.5) is 11.4 Å².